The van der Waals surface area contributed by atoms with E-state index in [0.29, 0.717) is 0 Å². The Morgan fingerprint density at radius 1 is 0.786 bits per heavy atom. The van der Waals surface area contributed by atoms with Gasteiger partial charge in [-0.05, 0) is 49.8 Å². The molecule has 0 fully saturated rings. The van der Waals surface area contributed by atoms with E-state index in [9.17, 15) is 0 Å². The van der Waals surface area contributed by atoms with Crippen LogP contribution in [-0.2, 0) is 19.3 Å². The minimum Gasteiger partial charge on any atom is -0.257 e. The van der Waals surface area contributed by atoms with Crippen LogP contribution in [0.4, 0.5) is 0 Å². The molecule has 0 amide bonds. The minimum absolute atomic E-state index is 1.05. The molecular formula is C13H21N. The Morgan fingerprint density at radius 3 is 1.50 bits per heavy atom. The summed E-state index contributed by atoms with van der Waals surface area (Å²) in [5.41, 5.74) is 6.89. The predicted octanol–water partition coefficient (Wildman–Crippen LogP) is 3.39. The van der Waals surface area contributed by atoms with Gasteiger partial charge in [0.25, 0.3) is 0 Å². The van der Waals surface area contributed by atoms with Crippen molar-refractivity contribution in [3.63, 3.8) is 0 Å². The zero-order valence-electron chi connectivity index (χ0n) is 10.1. The summed E-state index contributed by atoms with van der Waals surface area (Å²) in [6.07, 6.45) is 3.22. The van der Waals surface area contributed by atoms with Crippen LogP contribution in [0.3, 0.4) is 0 Å². The molecule has 0 radical (unpaired) electrons. The van der Waals surface area contributed by atoms with Gasteiger partial charge in [0.1, 0.15) is 0 Å². The molecule has 0 atom stereocenters. The summed E-state index contributed by atoms with van der Waals surface area (Å²) < 4.78 is 0. The van der Waals surface area contributed by atoms with E-state index in [2.05, 4.69) is 34.6 Å². The van der Waals surface area contributed by atoms with Gasteiger partial charge >= 0.3 is 0 Å². The van der Waals surface area contributed by atoms with Crippen molar-refractivity contribution in [1.29, 1.82) is 0 Å². The highest BCUT2D eigenvalue weighted by molar-refractivity contribution is 5.39. The maximum atomic E-state index is 4.72. The van der Waals surface area contributed by atoms with E-state index in [1.165, 1.54) is 28.1 Å². The highest BCUT2D eigenvalue weighted by atomic mass is 14.7. The molecule has 0 aliphatic rings. The van der Waals surface area contributed by atoms with Gasteiger partial charge in [0.05, 0.1) is 0 Å². The second-order valence-electron chi connectivity index (χ2n) is 3.79. The van der Waals surface area contributed by atoms with Gasteiger partial charge in [-0.3, -0.25) is 4.98 Å². The standard InChI is InChI=1S/C13H21N/c1-6-11-9(4)12(7-2)14-13(8-3)10(11)5/h6-8H2,1-5H3. The summed E-state index contributed by atoms with van der Waals surface area (Å²) in [6, 6.07) is 0. The average Bonchev–Trinajstić information content (AvgIpc) is 2.19. The normalized spacial score (nSPS) is 10.6. The predicted molar refractivity (Wildman–Crippen MR) is 61.8 cm³/mol. The van der Waals surface area contributed by atoms with E-state index in [1.807, 2.05) is 0 Å². The first-order valence-corrected chi connectivity index (χ1v) is 5.63. The Labute approximate surface area is 87.6 Å². The molecule has 1 aromatic heterocycles. The number of aromatic nitrogens is 1. The molecule has 0 spiro atoms. The summed E-state index contributed by atoms with van der Waals surface area (Å²) >= 11 is 0. The van der Waals surface area contributed by atoms with Gasteiger partial charge < -0.3 is 0 Å². The minimum atomic E-state index is 1.05. The number of rotatable bonds is 3. The van der Waals surface area contributed by atoms with Crippen LogP contribution in [0.15, 0.2) is 0 Å². The van der Waals surface area contributed by atoms with Gasteiger partial charge in [0.2, 0.25) is 0 Å². The van der Waals surface area contributed by atoms with Gasteiger partial charge in [-0.1, -0.05) is 20.8 Å². The quantitative estimate of drug-likeness (QED) is 0.713. The van der Waals surface area contributed by atoms with Gasteiger partial charge in [-0.2, -0.15) is 0 Å². The van der Waals surface area contributed by atoms with Crippen molar-refractivity contribution in [2.24, 2.45) is 0 Å². The van der Waals surface area contributed by atoms with Crippen molar-refractivity contribution < 1.29 is 0 Å². The smallest absolute Gasteiger partial charge is 0.0436 e. The zero-order valence-corrected chi connectivity index (χ0v) is 10.1. The number of hydrogen-bond donors (Lipinski definition) is 0. The fourth-order valence-electron chi connectivity index (χ4n) is 2.18. The number of pyridine rings is 1. The molecule has 0 aliphatic heterocycles. The Hall–Kier alpha value is -0.850. The van der Waals surface area contributed by atoms with Crippen molar-refractivity contribution >= 4 is 0 Å². The fourth-order valence-corrected chi connectivity index (χ4v) is 2.18. The van der Waals surface area contributed by atoms with E-state index < -0.39 is 0 Å². The Bertz CT molecular complexity index is 298. The number of aryl methyl sites for hydroxylation is 2. The van der Waals surface area contributed by atoms with Crippen LogP contribution in [0.25, 0.3) is 0 Å². The van der Waals surface area contributed by atoms with Crippen molar-refractivity contribution in [3.8, 4) is 0 Å². The molecule has 0 N–H and O–H groups in total. The third kappa shape index (κ3) is 1.82. The third-order valence-corrected chi connectivity index (χ3v) is 3.06. The monoisotopic (exact) mass is 191 g/mol. The Balaban J connectivity index is 3.39. The molecule has 14 heavy (non-hydrogen) atoms. The van der Waals surface area contributed by atoms with Crippen molar-refractivity contribution in [2.75, 3.05) is 0 Å². The molecule has 1 heteroatoms. The second-order valence-corrected chi connectivity index (χ2v) is 3.79. The molecule has 78 valence electrons. The molecule has 0 unspecified atom stereocenters. The summed E-state index contributed by atoms with van der Waals surface area (Å²) in [5.74, 6) is 0. The largest absolute Gasteiger partial charge is 0.257 e. The summed E-state index contributed by atoms with van der Waals surface area (Å²) in [4.78, 5) is 4.72. The van der Waals surface area contributed by atoms with E-state index in [1.54, 1.807) is 0 Å². The van der Waals surface area contributed by atoms with Crippen LogP contribution in [0.2, 0.25) is 0 Å². The number of nitrogens with zero attached hydrogens (tertiary/aromatic N) is 1. The zero-order chi connectivity index (χ0) is 10.7. The molecule has 0 saturated heterocycles. The maximum Gasteiger partial charge on any atom is 0.0436 e. The van der Waals surface area contributed by atoms with Crippen LogP contribution in [0.5, 0.6) is 0 Å². The SMILES string of the molecule is CCc1nc(CC)c(C)c(CC)c1C. The summed E-state index contributed by atoms with van der Waals surface area (Å²) in [7, 11) is 0. The van der Waals surface area contributed by atoms with Crippen LogP contribution >= 0.6 is 0 Å². The van der Waals surface area contributed by atoms with E-state index in [-0.39, 0.29) is 0 Å². The lowest BCUT2D eigenvalue weighted by Gasteiger charge is -2.15. The van der Waals surface area contributed by atoms with Crippen molar-refractivity contribution in [3.05, 3.63) is 28.1 Å². The second kappa shape index (κ2) is 4.59. The van der Waals surface area contributed by atoms with E-state index in [0.717, 1.165) is 19.3 Å². The Morgan fingerprint density at radius 2 is 1.21 bits per heavy atom. The molecule has 1 aromatic rings. The van der Waals surface area contributed by atoms with Crippen molar-refractivity contribution in [1.82, 2.24) is 4.98 Å². The highest BCUT2D eigenvalue weighted by Gasteiger charge is 2.10. The van der Waals surface area contributed by atoms with Crippen LogP contribution in [-0.4, -0.2) is 4.98 Å². The molecular weight excluding hydrogens is 170 g/mol. The molecule has 0 bridgehead atoms. The molecule has 0 aromatic carbocycles. The molecule has 1 rings (SSSR count). The lowest BCUT2D eigenvalue weighted by Crippen LogP contribution is -2.05. The van der Waals surface area contributed by atoms with Crippen LogP contribution < -0.4 is 0 Å². The highest BCUT2D eigenvalue weighted by Crippen LogP contribution is 2.20. The van der Waals surface area contributed by atoms with Gasteiger partial charge in [0, 0.05) is 11.4 Å². The van der Waals surface area contributed by atoms with Crippen LogP contribution in [0.1, 0.15) is 48.8 Å². The average molecular weight is 191 g/mol. The lowest BCUT2D eigenvalue weighted by molar-refractivity contribution is 0.891. The van der Waals surface area contributed by atoms with Gasteiger partial charge in [-0.15, -0.1) is 0 Å². The van der Waals surface area contributed by atoms with E-state index >= 15 is 0 Å². The lowest BCUT2D eigenvalue weighted by atomic mass is 9.96. The van der Waals surface area contributed by atoms with E-state index in [4.69, 9.17) is 4.98 Å². The first-order valence-electron chi connectivity index (χ1n) is 5.63. The molecule has 1 nitrogen and oxygen atoms in total. The third-order valence-electron chi connectivity index (χ3n) is 3.06. The molecule has 0 aliphatic carbocycles. The maximum absolute atomic E-state index is 4.72. The van der Waals surface area contributed by atoms with Gasteiger partial charge in [-0.25, -0.2) is 0 Å². The van der Waals surface area contributed by atoms with Crippen LogP contribution in [0, 0.1) is 13.8 Å². The van der Waals surface area contributed by atoms with Crippen molar-refractivity contribution in [2.45, 2.75) is 53.9 Å². The van der Waals surface area contributed by atoms with Gasteiger partial charge in [0.15, 0.2) is 0 Å². The molecule has 1 heterocycles. The summed E-state index contributed by atoms with van der Waals surface area (Å²) in [5, 5.41) is 0. The Kier molecular flexibility index (Phi) is 3.68. The first-order chi connectivity index (χ1) is 6.65. The summed E-state index contributed by atoms with van der Waals surface area (Å²) in [6.45, 7) is 11.0. The topological polar surface area (TPSA) is 12.9 Å². The molecule has 0 saturated carbocycles. The fraction of sp³-hybridized carbons (Fsp3) is 0.615. The first kappa shape index (κ1) is 11.2. The number of hydrogen-bond acceptors (Lipinski definition) is 1.